The lowest BCUT2D eigenvalue weighted by Crippen LogP contribution is -2.22. The molecule has 0 aromatic heterocycles. The normalized spacial score (nSPS) is 10.3. The van der Waals surface area contributed by atoms with Crippen molar-refractivity contribution in [2.45, 2.75) is 0 Å². The highest BCUT2D eigenvalue weighted by Gasteiger charge is 2.17. The summed E-state index contributed by atoms with van der Waals surface area (Å²) in [6, 6.07) is 13.0. The number of benzene rings is 2. The molecule has 0 fully saturated rings. The van der Waals surface area contributed by atoms with Crippen LogP contribution in [0.2, 0.25) is 0 Å². The first-order valence-electron chi connectivity index (χ1n) is 8.45. The monoisotopic (exact) mass is 397 g/mol. The lowest BCUT2D eigenvalue weighted by Gasteiger charge is -2.11. The summed E-state index contributed by atoms with van der Waals surface area (Å²) in [5, 5.41) is 2.43. The summed E-state index contributed by atoms with van der Waals surface area (Å²) < 4.78 is 14.2. The Labute approximate surface area is 167 Å². The van der Waals surface area contributed by atoms with Gasteiger partial charge in [0, 0.05) is 6.08 Å². The molecular formula is C21H19NO7. The second-order valence-electron chi connectivity index (χ2n) is 5.64. The molecule has 0 heterocycles. The van der Waals surface area contributed by atoms with Gasteiger partial charge in [0.15, 0.2) is 6.61 Å². The van der Waals surface area contributed by atoms with Crippen molar-refractivity contribution < 1.29 is 33.4 Å². The molecule has 150 valence electrons. The van der Waals surface area contributed by atoms with E-state index >= 15 is 0 Å². The SMILES string of the molecule is COC(=O)c1ccc(C(=O)OC)c(NC(=O)COC(=O)/C=C/c2ccccc2)c1. The van der Waals surface area contributed by atoms with Crippen LogP contribution in [0.5, 0.6) is 0 Å². The fraction of sp³-hybridized carbons (Fsp3) is 0.143. The van der Waals surface area contributed by atoms with Crippen molar-refractivity contribution in [1.29, 1.82) is 0 Å². The smallest absolute Gasteiger partial charge is 0.339 e. The van der Waals surface area contributed by atoms with Crippen LogP contribution >= 0.6 is 0 Å². The van der Waals surface area contributed by atoms with Crippen molar-refractivity contribution in [3.05, 3.63) is 71.3 Å². The number of carbonyl (C=O) groups is 4. The maximum Gasteiger partial charge on any atom is 0.339 e. The number of carbonyl (C=O) groups excluding carboxylic acids is 4. The van der Waals surface area contributed by atoms with Gasteiger partial charge in [0.05, 0.1) is 31.0 Å². The van der Waals surface area contributed by atoms with Crippen LogP contribution in [0.1, 0.15) is 26.3 Å². The Bertz CT molecular complexity index is 935. The molecule has 8 nitrogen and oxygen atoms in total. The number of rotatable bonds is 7. The first-order chi connectivity index (χ1) is 13.9. The maximum absolute atomic E-state index is 12.1. The minimum Gasteiger partial charge on any atom is -0.465 e. The Morgan fingerprint density at radius 2 is 1.62 bits per heavy atom. The Kier molecular flexibility index (Phi) is 7.67. The number of ether oxygens (including phenoxy) is 3. The zero-order valence-corrected chi connectivity index (χ0v) is 15.8. The lowest BCUT2D eigenvalue weighted by molar-refractivity contribution is -0.142. The van der Waals surface area contributed by atoms with Crippen LogP contribution < -0.4 is 5.32 Å². The molecule has 0 unspecified atom stereocenters. The minimum absolute atomic E-state index is 0.0284. The van der Waals surface area contributed by atoms with Crippen LogP contribution in [-0.2, 0) is 23.8 Å². The first-order valence-corrected chi connectivity index (χ1v) is 8.45. The molecule has 0 spiro atoms. The highest BCUT2D eigenvalue weighted by atomic mass is 16.5. The van der Waals surface area contributed by atoms with E-state index in [1.54, 1.807) is 18.2 Å². The van der Waals surface area contributed by atoms with Gasteiger partial charge in [0.1, 0.15) is 0 Å². The molecule has 0 aliphatic carbocycles. The number of anilines is 1. The third kappa shape index (κ3) is 6.31. The molecule has 0 bridgehead atoms. The molecule has 0 atom stereocenters. The van der Waals surface area contributed by atoms with E-state index in [-0.39, 0.29) is 16.8 Å². The zero-order chi connectivity index (χ0) is 21.2. The summed E-state index contributed by atoms with van der Waals surface area (Å²) in [5.41, 5.74) is 0.985. The van der Waals surface area contributed by atoms with Crippen LogP contribution in [-0.4, -0.2) is 44.6 Å². The summed E-state index contributed by atoms with van der Waals surface area (Å²) in [6.45, 7) is -0.582. The molecule has 0 saturated carbocycles. The number of hydrogen-bond acceptors (Lipinski definition) is 7. The standard InChI is InChI=1S/C21H19NO7/c1-27-20(25)15-9-10-16(21(26)28-2)17(12-15)22-18(23)13-29-19(24)11-8-14-6-4-3-5-7-14/h3-12H,13H2,1-2H3,(H,22,23)/b11-8+. The van der Waals surface area contributed by atoms with Gasteiger partial charge in [0.25, 0.3) is 5.91 Å². The van der Waals surface area contributed by atoms with Crippen molar-refractivity contribution in [3.8, 4) is 0 Å². The van der Waals surface area contributed by atoms with Crippen molar-refractivity contribution in [1.82, 2.24) is 0 Å². The minimum atomic E-state index is -0.709. The van der Waals surface area contributed by atoms with Crippen LogP contribution in [0, 0.1) is 0 Å². The van der Waals surface area contributed by atoms with Gasteiger partial charge in [-0.15, -0.1) is 0 Å². The second-order valence-corrected chi connectivity index (χ2v) is 5.64. The number of esters is 3. The molecular weight excluding hydrogens is 378 g/mol. The van der Waals surface area contributed by atoms with Gasteiger partial charge in [-0.25, -0.2) is 14.4 Å². The number of methoxy groups -OCH3 is 2. The van der Waals surface area contributed by atoms with Gasteiger partial charge in [0.2, 0.25) is 0 Å². The van der Waals surface area contributed by atoms with Gasteiger partial charge in [-0.05, 0) is 29.8 Å². The first kappa shape index (κ1) is 21.4. The van der Waals surface area contributed by atoms with Gasteiger partial charge < -0.3 is 19.5 Å². The van der Waals surface area contributed by atoms with E-state index in [9.17, 15) is 19.2 Å². The quantitative estimate of drug-likeness (QED) is 0.434. The van der Waals surface area contributed by atoms with Crippen molar-refractivity contribution in [2.24, 2.45) is 0 Å². The zero-order valence-electron chi connectivity index (χ0n) is 15.8. The molecule has 2 aromatic carbocycles. The summed E-state index contributed by atoms with van der Waals surface area (Å²) in [4.78, 5) is 47.4. The van der Waals surface area contributed by atoms with E-state index in [1.807, 2.05) is 18.2 Å². The average Bonchev–Trinajstić information content (AvgIpc) is 2.75. The largest absolute Gasteiger partial charge is 0.465 e. The van der Waals surface area contributed by atoms with Gasteiger partial charge in [-0.1, -0.05) is 30.3 Å². The van der Waals surface area contributed by atoms with Crippen LogP contribution in [0.15, 0.2) is 54.6 Å². The summed E-state index contributed by atoms with van der Waals surface area (Å²) >= 11 is 0. The van der Waals surface area contributed by atoms with E-state index in [2.05, 4.69) is 14.8 Å². The molecule has 2 aromatic rings. The molecule has 2 rings (SSSR count). The highest BCUT2D eigenvalue weighted by Crippen LogP contribution is 2.19. The van der Waals surface area contributed by atoms with Gasteiger partial charge >= 0.3 is 17.9 Å². The van der Waals surface area contributed by atoms with Crippen molar-refractivity contribution in [3.63, 3.8) is 0 Å². The predicted octanol–water partition coefficient (Wildman–Crippen LogP) is 2.45. The molecule has 8 heteroatoms. The van der Waals surface area contributed by atoms with Crippen molar-refractivity contribution in [2.75, 3.05) is 26.1 Å². The molecule has 1 N–H and O–H groups in total. The van der Waals surface area contributed by atoms with Crippen LogP contribution in [0.4, 0.5) is 5.69 Å². The van der Waals surface area contributed by atoms with Crippen LogP contribution in [0.25, 0.3) is 6.08 Å². The number of nitrogens with one attached hydrogen (secondary N) is 1. The Balaban J connectivity index is 2.03. The molecule has 29 heavy (non-hydrogen) atoms. The van der Waals surface area contributed by atoms with Gasteiger partial charge in [-0.2, -0.15) is 0 Å². The van der Waals surface area contributed by atoms with Gasteiger partial charge in [-0.3, -0.25) is 4.79 Å². The van der Waals surface area contributed by atoms with Crippen molar-refractivity contribution >= 4 is 35.6 Å². The molecule has 0 radical (unpaired) electrons. The molecule has 0 aliphatic rings. The molecule has 0 aliphatic heterocycles. The summed E-state index contributed by atoms with van der Waals surface area (Å²) in [7, 11) is 2.39. The van der Waals surface area contributed by atoms with Crippen LogP contribution in [0.3, 0.4) is 0 Å². The number of hydrogen-bond donors (Lipinski definition) is 1. The van der Waals surface area contributed by atoms with E-state index in [0.717, 1.165) is 5.56 Å². The second kappa shape index (κ2) is 10.4. The molecule has 0 saturated heterocycles. The third-order valence-corrected chi connectivity index (χ3v) is 3.68. The predicted molar refractivity (Wildman–Crippen MR) is 104 cm³/mol. The fourth-order valence-corrected chi connectivity index (χ4v) is 2.28. The lowest BCUT2D eigenvalue weighted by atomic mass is 10.1. The summed E-state index contributed by atoms with van der Waals surface area (Å²) in [5.74, 6) is -2.76. The molecule has 1 amide bonds. The topological polar surface area (TPSA) is 108 Å². The Morgan fingerprint density at radius 3 is 2.28 bits per heavy atom. The Morgan fingerprint density at radius 1 is 0.931 bits per heavy atom. The van der Waals surface area contributed by atoms with E-state index in [0.29, 0.717) is 0 Å². The maximum atomic E-state index is 12.1. The van der Waals surface area contributed by atoms with E-state index in [4.69, 9.17) is 4.74 Å². The third-order valence-electron chi connectivity index (χ3n) is 3.68. The fourth-order valence-electron chi connectivity index (χ4n) is 2.28. The van der Waals surface area contributed by atoms with E-state index in [1.165, 1.54) is 38.5 Å². The Hall–Kier alpha value is -3.94. The van der Waals surface area contributed by atoms with E-state index < -0.39 is 30.4 Å². The summed E-state index contributed by atoms with van der Waals surface area (Å²) in [6.07, 6.45) is 2.75. The number of amides is 1. The highest BCUT2D eigenvalue weighted by molar-refractivity contribution is 6.04. The average molecular weight is 397 g/mol.